The Morgan fingerprint density at radius 1 is 0.639 bits per heavy atom. The molecular formula is C54H42N5OPt-3. The number of nitrogens with zero attached hydrogens (tertiary/aromatic N) is 5. The Kier molecular flexibility index (Phi) is 9.26. The second-order valence-corrected chi connectivity index (χ2v) is 17.2. The molecule has 61 heavy (non-hydrogen) atoms. The SMILES string of the molecule is CC(C)(C)c1ccnc(-n2c3[c-]c(Oc4[c-]c(N5[CH-]N(c6c(-c7ccccc7)ccc7c6-c6ccccc6C7(C)C)c6ccccc65)ccn4)ccc3c3ccccc32)c1.[Pt]. The monoisotopic (exact) mass is 971 g/mol. The molecule has 0 bridgehead atoms. The van der Waals surface area contributed by atoms with Crippen molar-refractivity contribution in [3.63, 3.8) is 0 Å². The first-order valence-electron chi connectivity index (χ1n) is 20.5. The van der Waals surface area contributed by atoms with Crippen LogP contribution in [-0.2, 0) is 31.9 Å². The maximum atomic E-state index is 6.54. The molecule has 0 saturated heterocycles. The average Bonchev–Trinajstić information content (AvgIpc) is 3.89. The normalized spacial score (nSPS) is 13.9. The van der Waals surface area contributed by atoms with Crippen LogP contribution in [-0.4, -0.2) is 14.5 Å². The van der Waals surface area contributed by atoms with E-state index in [-0.39, 0.29) is 31.9 Å². The second kappa shape index (κ2) is 14.6. The van der Waals surface area contributed by atoms with Crippen LogP contribution in [0.1, 0.15) is 51.3 Å². The van der Waals surface area contributed by atoms with Crippen LogP contribution in [0.2, 0.25) is 0 Å². The van der Waals surface area contributed by atoms with E-state index in [0.717, 1.165) is 55.9 Å². The number of pyridine rings is 2. The van der Waals surface area contributed by atoms with Crippen LogP contribution in [0.5, 0.6) is 11.6 Å². The van der Waals surface area contributed by atoms with Crippen molar-refractivity contribution in [1.82, 2.24) is 14.5 Å². The number of hydrogen-bond acceptors (Lipinski definition) is 5. The maximum absolute atomic E-state index is 6.54. The smallest absolute Gasteiger partial charge is 0.135 e. The van der Waals surface area contributed by atoms with Gasteiger partial charge < -0.3 is 19.1 Å². The Bertz CT molecular complexity index is 3150. The molecule has 0 fully saturated rings. The Labute approximate surface area is 371 Å². The molecule has 1 aliphatic heterocycles. The molecule has 11 rings (SSSR count). The van der Waals surface area contributed by atoms with Gasteiger partial charge in [-0.1, -0.05) is 137 Å². The van der Waals surface area contributed by atoms with Gasteiger partial charge in [-0.15, -0.1) is 24.2 Å². The number of aromatic nitrogens is 3. The molecule has 2 aliphatic rings. The molecule has 1 aliphatic carbocycles. The summed E-state index contributed by atoms with van der Waals surface area (Å²) >= 11 is 0. The number of para-hydroxylation sites is 3. The maximum Gasteiger partial charge on any atom is 0.135 e. The van der Waals surface area contributed by atoms with Gasteiger partial charge in [0.15, 0.2) is 0 Å². The molecule has 4 heterocycles. The molecule has 6 nitrogen and oxygen atoms in total. The van der Waals surface area contributed by atoms with Crippen LogP contribution in [0.15, 0.2) is 158 Å². The van der Waals surface area contributed by atoms with Gasteiger partial charge in [0.2, 0.25) is 0 Å². The minimum Gasteiger partial charge on any atom is -0.503 e. The predicted octanol–water partition coefficient (Wildman–Crippen LogP) is 13.6. The van der Waals surface area contributed by atoms with E-state index < -0.39 is 0 Å². The largest absolute Gasteiger partial charge is 0.503 e. The molecule has 7 heteroatoms. The summed E-state index contributed by atoms with van der Waals surface area (Å²) in [5.41, 5.74) is 14.6. The van der Waals surface area contributed by atoms with Gasteiger partial charge in [0, 0.05) is 72.1 Å². The van der Waals surface area contributed by atoms with E-state index in [9.17, 15) is 0 Å². The summed E-state index contributed by atoms with van der Waals surface area (Å²) in [5.74, 6) is 1.73. The summed E-state index contributed by atoms with van der Waals surface area (Å²) in [7, 11) is 0. The van der Waals surface area contributed by atoms with E-state index in [1.54, 1.807) is 6.20 Å². The molecule has 0 atom stereocenters. The van der Waals surface area contributed by atoms with Crippen molar-refractivity contribution in [3.8, 4) is 39.7 Å². The first-order valence-corrected chi connectivity index (χ1v) is 20.5. The van der Waals surface area contributed by atoms with Crippen molar-refractivity contribution in [3.05, 3.63) is 193 Å². The summed E-state index contributed by atoms with van der Waals surface area (Å²) in [6.07, 6.45) is 3.68. The second-order valence-electron chi connectivity index (χ2n) is 17.2. The zero-order chi connectivity index (χ0) is 40.8. The Morgan fingerprint density at radius 3 is 2.18 bits per heavy atom. The van der Waals surface area contributed by atoms with E-state index >= 15 is 0 Å². The number of rotatable bonds is 6. The van der Waals surface area contributed by atoms with Crippen LogP contribution < -0.4 is 14.5 Å². The Balaban J connectivity index is 0.00000445. The molecule has 0 radical (unpaired) electrons. The van der Waals surface area contributed by atoms with Gasteiger partial charge in [0.05, 0.1) is 0 Å². The fourth-order valence-electron chi connectivity index (χ4n) is 9.19. The Morgan fingerprint density at radius 2 is 1.36 bits per heavy atom. The van der Waals surface area contributed by atoms with E-state index in [2.05, 4.69) is 206 Å². The first-order chi connectivity index (χ1) is 29.1. The van der Waals surface area contributed by atoms with Crippen LogP contribution >= 0.6 is 0 Å². The molecule has 0 saturated carbocycles. The van der Waals surface area contributed by atoms with Crippen molar-refractivity contribution >= 4 is 44.6 Å². The van der Waals surface area contributed by atoms with Crippen molar-refractivity contribution in [1.29, 1.82) is 0 Å². The van der Waals surface area contributed by atoms with E-state index in [4.69, 9.17) is 9.72 Å². The number of anilines is 4. The van der Waals surface area contributed by atoms with Crippen LogP contribution in [0, 0.1) is 18.8 Å². The Hall–Kier alpha value is -6.49. The standard InChI is InChI=1S/C54H42N5O.Pt/c1-53(2,3)36-27-29-55-49(31-36)59-45-20-12-10-17-40(45)41-24-23-38(33-48(41)59)60-50-32-37(28-30-56-50)57-34-58(47-22-14-13-21-46(47)57)52-39(35-15-7-6-8-16-35)25-26-44-51(52)42-18-9-11-19-43(42)54(44,4)5;/h6-31,34H,1-5H3;/q-3;. The molecule has 0 spiro atoms. The zero-order valence-corrected chi connectivity index (χ0v) is 36.8. The van der Waals surface area contributed by atoms with E-state index in [1.165, 1.54) is 33.4 Å². The number of hydrogen-bond donors (Lipinski definition) is 0. The third kappa shape index (κ3) is 6.27. The molecule has 0 amide bonds. The zero-order valence-electron chi connectivity index (χ0n) is 34.5. The fourth-order valence-corrected chi connectivity index (χ4v) is 9.19. The molecule has 0 unspecified atom stereocenters. The van der Waals surface area contributed by atoms with Gasteiger partial charge in [-0.25, -0.2) is 4.98 Å². The summed E-state index contributed by atoms with van der Waals surface area (Å²) < 4.78 is 8.72. The molecule has 9 aromatic rings. The number of benzene rings is 6. The molecule has 302 valence electrons. The van der Waals surface area contributed by atoms with Crippen LogP contribution in [0.4, 0.5) is 22.7 Å². The number of ether oxygens (including phenoxy) is 1. The van der Waals surface area contributed by atoms with Gasteiger partial charge in [-0.05, 0) is 75.1 Å². The van der Waals surface area contributed by atoms with Crippen LogP contribution in [0.25, 0.3) is 49.9 Å². The van der Waals surface area contributed by atoms with Crippen LogP contribution in [0.3, 0.4) is 0 Å². The van der Waals surface area contributed by atoms with Gasteiger partial charge in [-0.3, -0.25) is 4.98 Å². The summed E-state index contributed by atoms with van der Waals surface area (Å²) in [6.45, 7) is 13.5. The third-order valence-electron chi connectivity index (χ3n) is 12.2. The molecule has 6 aromatic carbocycles. The summed E-state index contributed by atoms with van der Waals surface area (Å²) in [5, 5.41) is 2.20. The average molecular weight is 972 g/mol. The van der Waals surface area contributed by atoms with E-state index in [1.807, 2.05) is 18.3 Å². The topological polar surface area (TPSA) is 46.4 Å². The van der Waals surface area contributed by atoms with Gasteiger partial charge >= 0.3 is 0 Å². The first kappa shape index (κ1) is 38.7. The van der Waals surface area contributed by atoms with Gasteiger partial charge in [-0.2, -0.15) is 23.9 Å². The third-order valence-corrected chi connectivity index (χ3v) is 12.2. The van der Waals surface area contributed by atoms with Crippen molar-refractivity contribution in [2.24, 2.45) is 0 Å². The quantitative estimate of drug-likeness (QED) is 0.155. The van der Waals surface area contributed by atoms with E-state index in [0.29, 0.717) is 11.6 Å². The minimum absolute atomic E-state index is 0. The van der Waals surface area contributed by atoms with Crippen molar-refractivity contribution < 1.29 is 25.8 Å². The molecule has 0 N–H and O–H groups in total. The summed E-state index contributed by atoms with van der Waals surface area (Å²) in [6, 6.07) is 58.6. The van der Waals surface area contributed by atoms with Gasteiger partial charge in [0.1, 0.15) is 11.7 Å². The van der Waals surface area contributed by atoms with Gasteiger partial charge in [0.25, 0.3) is 0 Å². The van der Waals surface area contributed by atoms with Crippen molar-refractivity contribution in [2.75, 3.05) is 9.80 Å². The molecule has 3 aromatic heterocycles. The van der Waals surface area contributed by atoms with Crippen molar-refractivity contribution in [2.45, 2.75) is 45.4 Å². The predicted molar refractivity (Wildman–Crippen MR) is 244 cm³/mol. The number of fused-ring (bicyclic) bond motifs is 7. The minimum atomic E-state index is -0.151. The summed E-state index contributed by atoms with van der Waals surface area (Å²) in [4.78, 5) is 14.0. The molecular weight excluding hydrogens is 930 g/mol. The fraction of sp³-hybridized carbons (Fsp3) is 0.130.